The fourth-order valence-corrected chi connectivity index (χ4v) is 3.41. The van der Waals surface area contributed by atoms with E-state index in [2.05, 4.69) is 48.2 Å². The summed E-state index contributed by atoms with van der Waals surface area (Å²) in [6, 6.07) is 7.33. The Morgan fingerprint density at radius 1 is 1.34 bits per heavy atom. The van der Waals surface area contributed by atoms with Crippen LogP contribution in [0.15, 0.2) is 54.8 Å². The number of nitrogens with one attached hydrogen (secondary N) is 1. The van der Waals surface area contributed by atoms with Crippen molar-refractivity contribution in [2.24, 2.45) is 5.92 Å². The van der Waals surface area contributed by atoms with Gasteiger partial charge in [0.05, 0.1) is 12.2 Å². The van der Waals surface area contributed by atoms with E-state index in [4.69, 9.17) is 10.00 Å². The zero-order chi connectivity index (χ0) is 23.7. The number of nitrogens with zero attached hydrogens (tertiary/aromatic N) is 3. The quantitative estimate of drug-likeness (QED) is 0.590. The first-order valence-electron chi connectivity index (χ1n) is 11.2. The van der Waals surface area contributed by atoms with Crippen LogP contribution in [-0.2, 0) is 4.74 Å². The average Bonchev–Trinajstić information content (AvgIpc) is 2.68. The Morgan fingerprint density at radius 3 is 2.53 bits per heavy atom. The lowest BCUT2D eigenvalue weighted by Crippen LogP contribution is -2.48. The van der Waals surface area contributed by atoms with E-state index in [-0.39, 0.29) is 5.56 Å². The summed E-state index contributed by atoms with van der Waals surface area (Å²) in [5.41, 5.74) is 3.31. The number of halogens is 1. The minimum absolute atomic E-state index is 0.129. The zero-order valence-electron chi connectivity index (χ0n) is 19.9. The van der Waals surface area contributed by atoms with Gasteiger partial charge in [0.15, 0.2) is 0 Å². The molecule has 2 heterocycles. The highest BCUT2D eigenvalue weighted by molar-refractivity contribution is 5.35. The molecule has 174 valence electrons. The summed E-state index contributed by atoms with van der Waals surface area (Å²) in [4.78, 5) is 4.42. The molecule has 0 bridgehead atoms. The van der Waals surface area contributed by atoms with Crippen LogP contribution in [0.1, 0.15) is 30.9 Å². The van der Waals surface area contributed by atoms with Crippen LogP contribution < -0.4 is 5.32 Å². The summed E-state index contributed by atoms with van der Waals surface area (Å²) < 4.78 is 18.4. The number of ether oxygens (including phenoxy) is 1. The molecule has 2 fully saturated rings. The summed E-state index contributed by atoms with van der Waals surface area (Å²) >= 11 is 0. The number of allylic oxidation sites excluding steroid dienone is 2. The van der Waals surface area contributed by atoms with Crippen LogP contribution in [0.3, 0.4) is 0 Å². The van der Waals surface area contributed by atoms with Gasteiger partial charge in [0.25, 0.3) is 0 Å². The van der Waals surface area contributed by atoms with Gasteiger partial charge in [0.2, 0.25) is 0 Å². The van der Waals surface area contributed by atoms with Crippen molar-refractivity contribution in [2.75, 3.05) is 53.5 Å². The van der Waals surface area contributed by atoms with Gasteiger partial charge in [-0.2, -0.15) is 5.26 Å². The second-order valence-electron chi connectivity index (χ2n) is 8.76. The molecule has 1 aromatic carbocycles. The number of likely N-dealkylation sites (N-methyl/N-ethyl adjacent to an activating group) is 1. The smallest absolute Gasteiger partial charge is 0.141 e. The van der Waals surface area contributed by atoms with Gasteiger partial charge in [-0.25, -0.2) is 4.39 Å². The number of methoxy groups -OCH3 is 1. The number of rotatable bonds is 9. The highest BCUT2D eigenvalue weighted by atomic mass is 19.1. The molecule has 0 saturated carbocycles. The molecular weight excluding hydrogens is 403 g/mol. The standard InChI is InChI=1S/C13H15FN2.C13H22N2O/c1-9(2)16-7-12(8-16)10-3-4-11(6-15)13(14)5-10;1-11(13-9-14-10-13)5-6-12(2)15(3)7-8-16-4/h3-5,9,12H,7-8H2,1-2H3;5-6,13-14H,1-2,7-10H2,3-4H3/b;6-5-. The molecule has 5 nitrogen and oxygen atoms in total. The van der Waals surface area contributed by atoms with E-state index in [1.54, 1.807) is 13.2 Å². The number of likely N-dealkylation sites (tertiary alicyclic amines) is 1. The van der Waals surface area contributed by atoms with Crippen molar-refractivity contribution in [1.29, 1.82) is 5.26 Å². The Kier molecular flexibility index (Phi) is 10.1. The van der Waals surface area contributed by atoms with Crippen molar-refractivity contribution >= 4 is 0 Å². The molecule has 2 aliphatic heterocycles. The topological polar surface area (TPSA) is 51.5 Å². The molecule has 1 N–H and O–H groups in total. The number of hydrogen-bond donors (Lipinski definition) is 1. The van der Waals surface area contributed by atoms with Crippen LogP contribution >= 0.6 is 0 Å². The van der Waals surface area contributed by atoms with Crippen molar-refractivity contribution in [3.8, 4) is 6.07 Å². The van der Waals surface area contributed by atoms with Gasteiger partial charge in [-0.05, 0) is 43.2 Å². The molecule has 6 heteroatoms. The molecule has 0 amide bonds. The molecule has 2 saturated heterocycles. The molecule has 0 atom stereocenters. The third-order valence-corrected chi connectivity index (χ3v) is 6.14. The minimum Gasteiger partial charge on any atom is -0.383 e. The third kappa shape index (κ3) is 7.30. The van der Waals surface area contributed by atoms with Crippen LogP contribution in [0.4, 0.5) is 4.39 Å². The largest absolute Gasteiger partial charge is 0.383 e. The van der Waals surface area contributed by atoms with E-state index >= 15 is 0 Å². The number of nitriles is 1. The Hall–Kier alpha value is -2.46. The third-order valence-electron chi connectivity index (χ3n) is 6.14. The Bertz CT molecular complexity index is 848. The molecule has 0 radical (unpaired) electrons. The first-order chi connectivity index (χ1) is 15.3. The Morgan fingerprint density at radius 2 is 2.03 bits per heavy atom. The zero-order valence-corrected chi connectivity index (χ0v) is 19.9. The van der Waals surface area contributed by atoms with E-state index in [0.717, 1.165) is 50.6 Å². The van der Waals surface area contributed by atoms with E-state index in [1.165, 1.54) is 11.6 Å². The second kappa shape index (κ2) is 12.5. The van der Waals surface area contributed by atoms with E-state index in [9.17, 15) is 4.39 Å². The monoisotopic (exact) mass is 440 g/mol. The normalized spacial score (nSPS) is 16.7. The van der Waals surface area contributed by atoms with Gasteiger partial charge >= 0.3 is 0 Å². The minimum atomic E-state index is -0.400. The van der Waals surface area contributed by atoms with Gasteiger partial charge in [0, 0.05) is 70.5 Å². The van der Waals surface area contributed by atoms with Gasteiger partial charge in [-0.3, -0.25) is 4.90 Å². The molecule has 2 aliphatic rings. The first-order valence-corrected chi connectivity index (χ1v) is 11.2. The maximum Gasteiger partial charge on any atom is 0.141 e. The fraction of sp³-hybridized carbons (Fsp3) is 0.500. The number of benzene rings is 1. The lowest BCUT2D eigenvalue weighted by Gasteiger charge is -2.42. The first kappa shape index (κ1) is 25.8. The van der Waals surface area contributed by atoms with E-state index in [1.807, 2.05) is 25.3 Å². The second-order valence-corrected chi connectivity index (χ2v) is 8.76. The van der Waals surface area contributed by atoms with Crippen molar-refractivity contribution in [2.45, 2.75) is 25.8 Å². The van der Waals surface area contributed by atoms with Crippen LogP contribution in [0.25, 0.3) is 0 Å². The maximum absolute atomic E-state index is 13.4. The van der Waals surface area contributed by atoms with E-state index in [0.29, 0.717) is 17.9 Å². The molecule has 32 heavy (non-hydrogen) atoms. The molecular formula is C26H37FN4O. The predicted octanol–water partition coefficient (Wildman–Crippen LogP) is 3.92. The predicted molar refractivity (Wildman–Crippen MR) is 129 cm³/mol. The lowest BCUT2D eigenvalue weighted by atomic mass is 9.90. The Balaban J connectivity index is 0.000000227. The molecule has 0 aliphatic carbocycles. The fourth-order valence-electron chi connectivity index (χ4n) is 3.41. The van der Waals surface area contributed by atoms with Gasteiger partial charge in [-0.15, -0.1) is 0 Å². The summed E-state index contributed by atoms with van der Waals surface area (Å²) in [5, 5.41) is 11.9. The van der Waals surface area contributed by atoms with Gasteiger partial charge < -0.3 is 15.0 Å². The molecule has 0 aromatic heterocycles. The van der Waals surface area contributed by atoms with E-state index < -0.39 is 5.82 Å². The van der Waals surface area contributed by atoms with Crippen molar-refractivity contribution in [1.82, 2.24) is 15.1 Å². The lowest BCUT2D eigenvalue weighted by molar-refractivity contribution is 0.110. The van der Waals surface area contributed by atoms with Crippen LogP contribution in [0, 0.1) is 23.1 Å². The van der Waals surface area contributed by atoms with Crippen molar-refractivity contribution in [3.05, 3.63) is 71.7 Å². The summed E-state index contributed by atoms with van der Waals surface area (Å²) in [5.74, 6) is 0.626. The Labute approximate surface area is 192 Å². The SMILES string of the molecule is C=C(/C=C\C(=C)N(C)CCOC)C1CNC1.CC(C)N1CC(c2ccc(C#N)c(F)c2)C1. The van der Waals surface area contributed by atoms with Crippen LogP contribution in [-0.4, -0.2) is 69.3 Å². The van der Waals surface area contributed by atoms with Crippen molar-refractivity contribution in [3.63, 3.8) is 0 Å². The van der Waals surface area contributed by atoms with Crippen molar-refractivity contribution < 1.29 is 9.13 Å². The summed E-state index contributed by atoms with van der Waals surface area (Å²) in [6.07, 6.45) is 4.09. The molecule has 0 spiro atoms. The number of hydrogen-bond acceptors (Lipinski definition) is 5. The highest BCUT2D eigenvalue weighted by Gasteiger charge is 2.29. The summed E-state index contributed by atoms with van der Waals surface area (Å²) in [7, 11) is 3.72. The van der Waals surface area contributed by atoms with Gasteiger partial charge in [0.1, 0.15) is 11.9 Å². The van der Waals surface area contributed by atoms with Gasteiger partial charge in [-0.1, -0.05) is 25.3 Å². The highest BCUT2D eigenvalue weighted by Crippen LogP contribution is 2.29. The van der Waals surface area contributed by atoms with Crippen LogP contribution in [0.2, 0.25) is 0 Å². The van der Waals surface area contributed by atoms with Crippen LogP contribution in [0.5, 0.6) is 0 Å². The molecule has 0 unspecified atom stereocenters. The summed E-state index contributed by atoms with van der Waals surface area (Å²) in [6.45, 7) is 18.1. The molecule has 1 aromatic rings. The maximum atomic E-state index is 13.4. The molecule has 3 rings (SSSR count). The average molecular weight is 441 g/mol.